The van der Waals surface area contributed by atoms with Gasteiger partial charge in [-0.1, -0.05) is 60.3 Å². The number of fused-ring (bicyclic) bond motifs is 4. The average Bonchev–Trinajstić information content (AvgIpc) is 3.29. The van der Waals surface area contributed by atoms with Crippen LogP contribution in [0.25, 0.3) is 27.5 Å². The van der Waals surface area contributed by atoms with Crippen LogP contribution in [0.5, 0.6) is 0 Å². The summed E-state index contributed by atoms with van der Waals surface area (Å²) < 4.78 is 8.64. The van der Waals surface area contributed by atoms with Gasteiger partial charge in [0.25, 0.3) is 5.56 Å². The molecule has 1 atom stereocenters. The molecule has 2 aromatic heterocycles. The van der Waals surface area contributed by atoms with Crippen LogP contribution in [0.1, 0.15) is 13.3 Å². The lowest BCUT2D eigenvalue weighted by molar-refractivity contribution is -0.115. The Morgan fingerprint density at radius 2 is 1.77 bits per heavy atom. The normalized spacial score (nSPS) is 12.4. The summed E-state index contributed by atoms with van der Waals surface area (Å²) >= 11 is 1.31. The van der Waals surface area contributed by atoms with Gasteiger partial charge in [-0.25, -0.2) is 0 Å². The Hall–Kier alpha value is -3.69. The van der Waals surface area contributed by atoms with Gasteiger partial charge in [0.2, 0.25) is 11.7 Å². The van der Waals surface area contributed by atoms with Gasteiger partial charge in [-0.15, -0.1) is 10.2 Å². The van der Waals surface area contributed by atoms with Gasteiger partial charge < -0.3 is 10.1 Å². The Morgan fingerprint density at radius 1 is 1.03 bits per heavy atom. The number of aryl methyl sites for hydroxylation is 1. The van der Waals surface area contributed by atoms with E-state index in [1.807, 2.05) is 72.0 Å². The Kier molecular flexibility index (Phi) is 6.52. The molecule has 5 rings (SSSR count). The van der Waals surface area contributed by atoms with E-state index < -0.39 is 5.25 Å². The van der Waals surface area contributed by atoms with Crippen molar-refractivity contribution in [3.05, 3.63) is 77.1 Å². The molecule has 1 N–H and O–H groups in total. The van der Waals surface area contributed by atoms with Gasteiger partial charge in [0.1, 0.15) is 0 Å². The predicted octanol–water partition coefficient (Wildman–Crippen LogP) is 4.35. The first-order valence-corrected chi connectivity index (χ1v) is 12.3. The van der Waals surface area contributed by atoms with E-state index in [9.17, 15) is 9.59 Å². The summed E-state index contributed by atoms with van der Waals surface area (Å²) in [5.74, 6) is 0.315. The van der Waals surface area contributed by atoms with E-state index in [1.165, 1.54) is 11.8 Å². The number of anilines is 1. The molecule has 2 heterocycles. The number of nitrogens with one attached hydrogen (secondary N) is 1. The van der Waals surface area contributed by atoms with E-state index in [-0.39, 0.29) is 11.5 Å². The van der Waals surface area contributed by atoms with Crippen LogP contribution in [0.2, 0.25) is 0 Å². The monoisotopic (exact) mass is 487 g/mol. The smallest absolute Gasteiger partial charge is 0.262 e. The predicted molar refractivity (Wildman–Crippen MR) is 139 cm³/mol. The summed E-state index contributed by atoms with van der Waals surface area (Å²) in [5.41, 5.74) is 1.36. The Labute approximate surface area is 205 Å². The molecule has 0 spiro atoms. The van der Waals surface area contributed by atoms with Crippen LogP contribution in [0, 0.1) is 0 Å². The van der Waals surface area contributed by atoms with Gasteiger partial charge in [0, 0.05) is 31.3 Å². The molecule has 8 nitrogen and oxygen atoms in total. The molecular weight excluding hydrogens is 462 g/mol. The van der Waals surface area contributed by atoms with E-state index in [2.05, 4.69) is 15.5 Å². The summed E-state index contributed by atoms with van der Waals surface area (Å²) in [6.07, 6.45) is 0.670. The van der Waals surface area contributed by atoms with Crippen molar-refractivity contribution in [3.8, 4) is 0 Å². The number of benzene rings is 3. The second-order valence-electron chi connectivity index (χ2n) is 8.21. The summed E-state index contributed by atoms with van der Waals surface area (Å²) in [6.45, 7) is 2.83. The van der Waals surface area contributed by atoms with E-state index in [0.29, 0.717) is 41.4 Å². The summed E-state index contributed by atoms with van der Waals surface area (Å²) in [7, 11) is 1.63. The van der Waals surface area contributed by atoms with Crippen LogP contribution < -0.4 is 10.9 Å². The number of nitrogens with zero attached hydrogens (tertiary/aromatic N) is 4. The maximum atomic E-state index is 13.2. The minimum atomic E-state index is -0.450. The number of methoxy groups -OCH3 is 1. The van der Waals surface area contributed by atoms with E-state index in [0.717, 1.165) is 16.5 Å². The third kappa shape index (κ3) is 4.40. The third-order valence-corrected chi connectivity index (χ3v) is 6.95. The zero-order chi connectivity index (χ0) is 24.4. The van der Waals surface area contributed by atoms with Crippen molar-refractivity contribution in [2.24, 2.45) is 0 Å². The molecule has 0 bridgehead atoms. The number of para-hydroxylation sites is 1. The number of carbonyl (C=O) groups is 1. The van der Waals surface area contributed by atoms with Crippen molar-refractivity contribution >= 4 is 50.8 Å². The first-order valence-electron chi connectivity index (χ1n) is 11.4. The van der Waals surface area contributed by atoms with E-state index in [4.69, 9.17) is 4.74 Å². The van der Waals surface area contributed by atoms with Crippen molar-refractivity contribution in [3.63, 3.8) is 0 Å². The lowest BCUT2D eigenvalue weighted by Crippen LogP contribution is -2.25. The molecule has 0 aliphatic heterocycles. The minimum Gasteiger partial charge on any atom is -0.385 e. The quantitative estimate of drug-likeness (QED) is 0.258. The Morgan fingerprint density at radius 3 is 2.60 bits per heavy atom. The molecule has 0 saturated carbocycles. The highest BCUT2D eigenvalue weighted by Crippen LogP contribution is 2.28. The molecule has 3 aromatic carbocycles. The van der Waals surface area contributed by atoms with Crippen LogP contribution in [0.4, 0.5) is 5.69 Å². The fourth-order valence-corrected chi connectivity index (χ4v) is 5.01. The number of carbonyl (C=O) groups excluding carboxylic acids is 1. The molecule has 178 valence electrons. The number of hydrogen-bond donors (Lipinski definition) is 1. The van der Waals surface area contributed by atoms with Gasteiger partial charge in [0.05, 0.1) is 16.2 Å². The summed E-state index contributed by atoms with van der Waals surface area (Å²) in [4.78, 5) is 26.3. The zero-order valence-corrected chi connectivity index (χ0v) is 20.3. The third-order valence-electron chi connectivity index (χ3n) is 5.91. The number of aromatic nitrogens is 4. The molecule has 9 heteroatoms. The summed E-state index contributed by atoms with van der Waals surface area (Å²) in [5, 5.41) is 14.5. The largest absolute Gasteiger partial charge is 0.385 e. The minimum absolute atomic E-state index is 0.116. The fraction of sp³-hybridized carbons (Fsp3) is 0.231. The average molecular weight is 488 g/mol. The van der Waals surface area contributed by atoms with Crippen molar-refractivity contribution in [2.75, 3.05) is 19.0 Å². The molecule has 0 aliphatic rings. The highest BCUT2D eigenvalue weighted by atomic mass is 32.2. The lowest BCUT2D eigenvalue weighted by atomic mass is 10.1. The van der Waals surface area contributed by atoms with Crippen molar-refractivity contribution < 1.29 is 9.53 Å². The molecule has 0 aliphatic carbocycles. The van der Waals surface area contributed by atoms with Crippen molar-refractivity contribution in [1.29, 1.82) is 0 Å². The molecule has 1 unspecified atom stereocenters. The SMILES string of the molecule is COCCCn1c(=O)c2ccccc2n2c(SC(C)C(=O)Nc3cccc4ccccc34)nnc12. The molecule has 5 aromatic rings. The van der Waals surface area contributed by atoms with Gasteiger partial charge in [-0.3, -0.25) is 18.6 Å². The Balaban J connectivity index is 1.48. The highest BCUT2D eigenvalue weighted by Gasteiger charge is 2.22. The second kappa shape index (κ2) is 9.89. The second-order valence-corrected chi connectivity index (χ2v) is 9.52. The summed E-state index contributed by atoms with van der Waals surface area (Å²) in [6, 6.07) is 21.2. The molecular formula is C26H25N5O3S. The van der Waals surface area contributed by atoms with Gasteiger partial charge in [-0.05, 0) is 36.9 Å². The standard InChI is InChI=1S/C26H25N5O3S/c1-17(23(32)27-21-13-7-10-18-9-3-4-11-19(18)21)35-26-29-28-25-30(15-8-16-34-2)24(33)20-12-5-6-14-22(20)31(25)26/h3-7,9-14,17H,8,15-16H2,1-2H3,(H,27,32). The van der Waals surface area contributed by atoms with Crippen LogP contribution in [0.3, 0.4) is 0 Å². The van der Waals surface area contributed by atoms with E-state index >= 15 is 0 Å². The zero-order valence-electron chi connectivity index (χ0n) is 19.5. The van der Waals surface area contributed by atoms with Crippen LogP contribution >= 0.6 is 11.8 Å². The fourth-order valence-electron chi connectivity index (χ4n) is 4.16. The maximum Gasteiger partial charge on any atom is 0.262 e. The van der Waals surface area contributed by atoms with Gasteiger partial charge in [-0.2, -0.15) is 0 Å². The molecule has 35 heavy (non-hydrogen) atoms. The van der Waals surface area contributed by atoms with Crippen molar-refractivity contribution in [1.82, 2.24) is 19.2 Å². The van der Waals surface area contributed by atoms with Crippen LogP contribution in [0.15, 0.2) is 76.7 Å². The lowest BCUT2D eigenvalue weighted by Gasteiger charge is -2.14. The number of amides is 1. The van der Waals surface area contributed by atoms with Crippen LogP contribution in [-0.4, -0.2) is 44.0 Å². The van der Waals surface area contributed by atoms with Gasteiger partial charge in [0.15, 0.2) is 5.16 Å². The maximum absolute atomic E-state index is 13.2. The topological polar surface area (TPSA) is 90.5 Å². The molecule has 0 saturated heterocycles. The Bertz CT molecular complexity index is 1590. The number of thioether (sulfide) groups is 1. The van der Waals surface area contributed by atoms with Crippen molar-refractivity contribution in [2.45, 2.75) is 30.3 Å². The molecule has 0 radical (unpaired) electrons. The molecule has 0 fully saturated rings. The number of ether oxygens (including phenoxy) is 1. The number of rotatable bonds is 8. The first-order chi connectivity index (χ1) is 17.1. The van der Waals surface area contributed by atoms with Crippen LogP contribution in [-0.2, 0) is 16.1 Å². The number of hydrogen-bond acceptors (Lipinski definition) is 6. The van der Waals surface area contributed by atoms with Gasteiger partial charge >= 0.3 is 0 Å². The highest BCUT2D eigenvalue weighted by molar-refractivity contribution is 8.00. The van der Waals surface area contributed by atoms with E-state index in [1.54, 1.807) is 17.7 Å². The molecule has 1 amide bonds. The first kappa shape index (κ1) is 23.1.